The lowest BCUT2D eigenvalue weighted by Crippen LogP contribution is -2.09. The van der Waals surface area contributed by atoms with Crippen LogP contribution in [-0.2, 0) is 20.7 Å². The smallest absolute Gasteiger partial charge is 0.311 e. The van der Waals surface area contributed by atoms with Gasteiger partial charge in [0.25, 0.3) is 0 Å². The maximum atomic E-state index is 13.2. The number of carbonyl (C=O) groups excluding carboxylic acids is 1. The molecule has 162 valence electrons. The lowest BCUT2D eigenvalue weighted by molar-refractivity contribution is -0.135. The molecule has 1 N–H and O–H groups in total. The topological polar surface area (TPSA) is 65.0 Å². The fraction of sp³-hybridized carbons (Fsp3) is 0.320. The first-order valence-electron chi connectivity index (χ1n) is 10.5. The molecule has 0 bridgehead atoms. The van der Waals surface area contributed by atoms with Crippen LogP contribution in [0, 0.1) is 11.7 Å². The summed E-state index contributed by atoms with van der Waals surface area (Å²) >= 11 is 0. The van der Waals surface area contributed by atoms with E-state index >= 15 is 0 Å². The molecule has 2 aromatic carbocycles. The van der Waals surface area contributed by atoms with Crippen LogP contribution in [0.1, 0.15) is 31.7 Å². The first-order chi connectivity index (χ1) is 15.0. The minimum atomic E-state index is -0.313. The van der Waals surface area contributed by atoms with Crippen LogP contribution in [0.2, 0.25) is 0 Å². The average Bonchev–Trinajstić information content (AvgIpc) is 3.13. The molecule has 0 radical (unpaired) electrons. The second kappa shape index (κ2) is 9.25. The number of rotatable bonds is 8. The summed E-state index contributed by atoms with van der Waals surface area (Å²) in [5.74, 6) is 1.92. The van der Waals surface area contributed by atoms with Crippen molar-refractivity contribution in [3.63, 3.8) is 0 Å². The summed E-state index contributed by atoms with van der Waals surface area (Å²) in [5, 5.41) is 10.5. The largest absolute Gasteiger partial charge is 0.507 e. The molecule has 31 heavy (non-hydrogen) atoms. The third kappa shape index (κ3) is 4.90. The highest BCUT2D eigenvalue weighted by molar-refractivity contribution is 5.74. The summed E-state index contributed by atoms with van der Waals surface area (Å²) in [7, 11) is 0. The van der Waals surface area contributed by atoms with Crippen molar-refractivity contribution in [2.24, 2.45) is 5.92 Å². The van der Waals surface area contributed by atoms with Crippen LogP contribution in [0.3, 0.4) is 0 Å². The molecule has 1 aliphatic carbocycles. The number of halogens is 1. The van der Waals surface area contributed by atoms with E-state index in [2.05, 4.69) is 0 Å². The van der Waals surface area contributed by atoms with Gasteiger partial charge in [0.2, 0.25) is 0 Å². The van der Waals surface area contributed by atoms with Crippen molar-refractivity contribution < 1.29 is 28.5 Å². The predicted molar refractivity (Wildman–Crippen MR) is 114 cm³/mol. The van der Waals surface area contributed by atoms with Gasteiger partial charge in [-0.15, -0.1) is 0 Å². The number of carbonyl (C=O) groups is 1. The molecular formula is C25H25FO5. The van der Waals surface area contributed by atoms with Crippen LogP contribution in [0.15, 0.2) is 60.1 Å². The van der Waals surface area contributed by atoms with Crippen LogP contribution in [0.4, 0.5) is 4.39 Å². The van der Waals surface area contributed by atoms with Crippen molar-refractivity contribution in [1.29, 1.82) is 0 Å². The van der Waals surface area contributed by atoms with E-state index in [1.165, 1.54) is 12.1 Å². The summed E-state index contributed by atoms with van der Waals surface area (Å²) in [6.07, 6.45) is 6.17. The van der Waals surface area contributed by atoms with E-state index in [-0.39, 0.29) is 23.5 Å². The van der Waals surface area contributed by atoms with E-state index in [4.69, 9.17) is 14.2 Å². The predicted octanol–water partition coefficient (Wildman–Crippen LogP) is 5.28. The minimum absolute atomic E-state index is 0.0957. The maximum absolute atomic E-state index is 13.2. The van der Waals surface area contributed by atoms with Crippen molar-refractivity contribution in [1.82, 2.24) is 0 Å². The Labute approximate surface area is 180 Å². The molecule has 1 atom stereocenters. The number of fused-ring (bicyclic) bond motifs is 1. The van der Waals surface area contributed by atoms with Gasteiger partial charge in [0.1, 0.15) is 23.1 Å². The Bertz CT molecular complexity index is 1020. The van der Waals surface area contributed by atoms with Crippen LogP contribution in [-0.4, -0.2) is 24.3 Å². The van der Waals surface area contributed by atoms with Gasteiger partial charge >= 0.3 is 5.97 Å². The summed E-state index contributed by atoms with van der Waals surface area (Å²) in [4.78, 5) is 11.4. The van der Waals surface area contributed by atoms with Gasteiger partial charge in [0, 0.05) is 30.4 Å². The summed E-state index contributed by atoms with van der Waals surface area (Å²) in [6, 6.07) is 9.55. The van der Waals surface area contributed by atoms with Gasteiger partial charge in [-0.05, 0) is 47.9 Å². The monoisotopic (exact) mass is 424 g/mol. The van der Waals surface area contributed by atoms with Crippen molar-refractivity contribution in [2.75, 3.05) is 13.2 Å². The first-order valence-corrected chi connectivity index (χ1v) is 10.5. The molecule has 5 nitrogen and oxygen atoms in total. The number of ether oxygens (including phenoxy) is 3. The third-order valence-electron chi connectivity index (χ3n) is 5.48. The number of benzene rings is 2. The number of phenolic OH excluding ortho intramolecular Hbond substituents is 1. The van der Waals surface area contributed by atoms with Crippen LogP contribution in [0.5, 0.6) is 11.5 Å². The Morgan fingerprint density at radius 2 is 1.87 bits per heavy atom. The average molecular weight is 424 g/mol. The lowest BCUT2D eigenvalue weighted by atomic mass is 9.96. The maximum Gasteiger partial charge on any atom is 0.311 e. The zero-order chi connectivity index (χ0) is 21.8. The molecule has 0 amide bonds. The Morgan fingerprint density at radius 1 is 1.10 bits per heavy atom. The van der Waals surface area contributed by atoms with Crippen molar-refractivity contribution in [3.05, 3.63) is 71.4 Å². The van der Waals surface area contributed by atoms with Gasteiger partial charge in [0.15, 0.2) is 0 Å². The van der Waals surface area contributed by atoms with Gasteiger partial charge in [-0.2, -0.15) is 0 Å². The molecular weight excluding hydrogens is 399 g/mol. The lowest BCUT2D eigenvalue weighted by Gasteiger charge is -2.18. The number of aromatic hydroxyl groups is 1. The van der Waals surface area contributed by atoms with Gasteiger partial charge in [-0.1, -0.05) is 19.1 Å². The number of phenols is 1. The zero-order valence-electron chi connectivity index (χ0n) is 17.4. The van der Waals surface area contributed by atoms with Crippen LogP contribution in [0.25, 0.3) is 11.1 Å². The zero-order valence-corrected chi connectivity index (χ0v) is 17.4. The molecule has 1 unspecified atom stereocenters. The van der Waals surface area contributed by atoms with Crippen molar-refractivity contribution >= 4 is 5.97 Å². The second-order valence-electron chi connectivity index (χ2n) is 7.67. The van der Waals surface area contributed by atoms with Crippen molar-refractivity contribution in [3.8, 4) is 22.6 Å². The van der Waals surface area contributed by atoms with E-state index in [1.54, 1.807) is 18.2 Å². The normalized spacial score (nSPS) is 17.5. The van der Waals surface area contributed by atoms with Gasteiger partial charge < -0.3 is 19.3 Å². The summed E-state index contributed by atoms with van der Waals surface area (Å²) in [5.41, 5.74) is 2.37. The molecule has 0 saturated carbocycles. The number of hydrogen-bond acceptors (Lipinski definition) is 5. The standard InChI is InChI=1S/C25H25FO5/c1-2-16-13-21(17-4-6-19(26)7-5-17)22(27)15-24(16)30-11-3-10-29-20-8-9-23-18(12-20)14-25(28)31-23/h4-9,13,15,18,27H,2-3,10-12,14H2,1H3. The highest BCUT2D eigenvalue weighted by atomic mass is 19.1. The van der Waals surface area contributed by atoms with E-state index in [9.17, 15) is 14.3 Å². The molecule has 1 fully saturated rings. The van der Waals surface area contributed by atoms with Gasteiger partial charge in [0.05, 0.1) is 25.4 Å². The van der Waals surface area contributed by atoms with Gasteiger partial charge in [-0.25, -0.2) is 4.39 Å². The van der Waals surface area contributed by atoms with Gasteiger partial charge in [-0.3, -0.25) is 4.79 Å². The Kier molecular flexibility index (Phi) is 6.26. The van der Waals surface area contributed by atoms with Crippen molar-refractivity contribution in [2.45, 2.75) is 32.6 Å². The van der Waals surface area contributed by atoms with E-state index in [0.717, 1.165) is 29.1 Å². The number of hydrogen-bond donors (Lipinski definition) is 1. The summed E-state index contributed by atoms with van der Waals surface area (Å²) < 4.78 is 30.0. The number of allylic oxidation sites excluding steroid dienone is 4. The highest BCUT2D eigenvalue weighted by Crippen LogP contribution is 2.36. The summed E-state index contributed by atoms with van der Waals surface area (Å²) in [6.45, 7) is 2.96. The Hall–Kier alpha value is -3.28. The van der Waals surface area contributed by atoms with Crippen LogP contribution >= 0.6 is 0 Å². The molecule has 0 aromatic heterocycles. The number of esters is 1. The highest BCUT2D eigenvalue weighted by Gasteiger charge is 2.32. The molecule has 6 heteroatoms. The van der Waals surface area contributed by atoms with E-state index < -0.39 is 0 Å². The third-order valence-corrected chi connectivity index (χ3v) is 5.48. The fourth-order valence-corrected chi connectivity index (χ4v) is 3.82. The molecule has 1 aliphatic heterocycles. The first kappa shape index (κ1) is 21.0. The Balaban J connectivity index is 1.30. The quantitative estimate of drug-likeness (QED) is 0.461. The molecule has 0 spiro atoms. The minimum Gasteiger partial charge on any atom is -0.507 e. The van der Waals surface area contributed by atoms with E-state index in [1.807, 2.05) is 25.1 Å². The Morgan fingerprint density at radius 3 is 2.65 bits per heavy atom. The second-order valence-corrected chi connectivity index (χ2v) is 7.67. The molecule has 1 saturated heterocycles. The molecule has 2 aromatic rings. The molecule has 2 aliphatic rings. The fourth-order valence-electron chi connectivity index (χ4n) is 3.82. The molecule has 4 rings (SSSR count). The van der Waals surface area contributed by atoms with E-state index in [0.29, 0.717) is 43.8 Å². The number of aryl methyl sites for hydroxylation is 1. The molecule has 1 heterocycles. The van der Waals surface area contributed by atoms with Crippen LogP contribution < -0.4 is 4.74 Å². The SMILES string of the molecule is CCc1cc(-c2ccc(F)cc2)c(O)cc1OCCCOC1=CC=C2OC(=O)CC2C1.